The van der Waals surface area contributed by atoms with Crippen molar-refractivity contribution in [2.75, 3.05) is 30.9 Å². The normalized spacial score (nSPS) is 22.8. The number of hydrogen-bond acceptors (Lipinski definition) is 4. The van der Waals surface area contributed by atoms with Crippen molar-refractivity contribution in [3.63, 3.8) is 0 Å². The van der Waals surface area contributed by atoms with E-state index in [0.29, 0.717) is 0 Å². The van der Waals surface area contributed by atoms with Crippen molar-refractivity contribution in [2.45, 2.75) is 19.4 Å². The SMILES string of the molecule is CC1NCCC1C(=O)Nc1cnccc1N(C)C. The van der Waals surface area contributed by atoms with Crippen molar-refractivity contribution in [1.29, 1.82) is 0 Å². The Morgan fingerprint density at radius 1 is 1.56 bits per heavy atom. The lowest BCUT2D eigenvalue weighted by molar-refractivity contribution is -0.119. The van der Waals surface area contributed by atoms with E-state index in [9.17, 15) is 4.79 Å². The Morgan fingerprint density at radius 3 is 2.94 bits per heavy atom. The van der Waals surface area contributed by atoms with Crippen molar-refractivity contribution in [3.8, 4) is 0 Å². The maximum absolute atomic E-state index is 12.2. The highest BCUT2D eigenvalue weighted by atomic mass is 16.2. The largest absolute Gasteiger partial charge is 0.376 e. The quantitative estimate of drug-likeness (QED) is 0.840. The van der Waals surface area contributed by atoms with Gasteiger partial charge in [-0.15, -0.1) is 0 Å². The lowest BCUT2D eigenvalue weighted by Crippen LogP contribution is -2.32. The van der Waals surface area contributed by atoms with Gasteiger partial charge in [-0.1, -0.05) is 0 Å². The number of anilines is 2. The predicted molar refractivity (Wildman–Crippen MR) is 72.8 cm³/mol. The van der Waals surface area contributed by atoms with Crippen LogP contribution in [0.3, 0.4) is 0 Å². The third-order valence-electron chi connectivity index (χ3n) is 3.40. The van der Waals surface area contributed by atoms with Crippen molar-refractivity contribution in [3.05, 3.63) is 18.5 Å². The van der Waals surface area contributed by atoms with Crippen LogP contribution < -0.4 is 15.5 Å². The number of rotatable bonds is 3. The van der Waals surface area contributed by atoms with E-state index in [1.807, 2.05) is 32.0 Å². The first kappa shape index (κ1) is 12.8. The van der Waals surface area contributed by atoms with E-state index >= 15 is 0 Å². The smallest absolute Gasteiger partial charge is 0.229 e. The van der Waals surface area contributed by atoms with Gasteiger partial charge in [-0.3, -0.25) is 9.78 Å². The summed E-state index contributed by atoms with van der Waals surface area (Å²) in [5.74, 6) is 0.115. The standard InChI is InChI=1S/C13H20N4O/c1-9-10(4-7-15-9)13(18)16-11-8-14-6-5-12(11)17(2)3/h5-6,8-10,15H,4,7H2,1-3H3,(H,16,18). The Morgan fingerprint density at radius 2 is 2.33 bits per heavy atom. The highest BCUT2D eigenvalue weighted by Gasteiger charge is 2.29. The molecule has 0 saturated carbocycles. The van der Waals surface area contributed by atoms with E-state index in [4.69, 9.17) is 0 Å². The van der Waals surface area contributed by atoms with Crippen molar-refractivity contribution < 1.29 is 4.79 Å². The van der Waals surface area contributed by atoms with Crippen LogP contribution in [-0.4, -0.2) is 37.6 Å². The molecule has 0 aromatic carbocycles. The highest BCUT2D eigenvalue weighted by Crippen LogP contribution is 2.24. The molecule has 1 aliphatic heterocycles. The van der Waals surface area contributed by atoms with Crippen LogP contribution in [0.5, 0.6) is 0 Å². The molecule has 2 heterocycles. The lowest BCUT2D eigenvalue weighted by Gasteiger charge is -2.19. The molecule has 2 atom stereocenters. The number of carbonyl (C=O) groups is 1. The Bertz CT molecular complexity index is 433. The third kappa shape index (κ3) is 2.61. The summed E-state index contributed by atoms with van der Waals surface area (Å²) < 4.78 is 0. The second kappa shape index (κ2) is 5.35. The van der Waals surface area contributed by atoms with Gasteiger partial charge in [0.25, 0.3) is 0 Å². The average molecular weight is 248 g/mol. The summed E-state index contributed by atoms with van der Waals surface area (Å²) in [6, 6.07) is 2.14. The van der Waals surface area contributed by atoms with E-state index in [0.717, 1.165) is 24.3 Å². The van der Waals surface area contributed by atoms with E-state index in [2.05, 4.69) is 15.6 Å². The maximum Gasteiger partial charge on any atom is 0.229 e. The predicted octanol–water partition coefficient (Wildman–Crippen LogP) is 1.08. The molecule has 1 fully saturated rings. The minimum atomic E-state index is 0.0419. The van der Waals surface area contributed by atoms with Gasteiger partial charge in [0.15, 0.2) is 0 Å². The molecule has 5 nitrogen and oxygen atoms in total. The molecule has 0 radical (unpaired) electrons. The first-order valence-corrected chi connectivity index (χ1v) is 6.25. The minimum absolute atomic E-state index is 0.0419. The molecule has 1 aromatic rings. The maximum atomic E-state index is 12.2. The molecule has 18 heavy (non-hydrogen) atoms. The number of amides is 1. The van der Waals surface area contributed by atoms with Gasteiger partial charge < -0.3 is 15.5 Å². The Kier molecular flexibility index (Phi) is 3.81. The molecule has 0 spiro atoms. The molecule has 2 N–H and O–H groups in total. The van der Waals surface area contributed by atoms with Gasteiger partial charge in [-0.05, 0) is 26.0 Å². The first-order chi connectivity index (χ1) is 8.59. The van der Waals surface area contributed by atoms with E-state index < -0.39 is 0 Å². The zero-order valence-corrected chi connectivity index (χ0v) is 11.1. The fourth-order valence-electron chi connectivity index (χ4n) is 2.32. The van der Waals surface area contributed by atoms with Gasteiger partial charge in [-0.25, -0.2) is 0 Å². The number of aromatic nitrogens is 1. The highest BCUT2D eigenvalue weighted by molar-refractivity contribution is 5.96. The molecule has 1 saturated heterocycles. The number of carbonyl (C=O) groups excluding carboxylic acids is 1. The van der Waals surface area contributed by atoms with Crippen molar-refractivity contribution in [2.24, 2.45) is 5.92 Å². The number of hydrogen-bond donors (Lipinski definition) is 2. The summed E-state index contributed by atoms with van der Waals surface area (Å²) in [5, 5.41) is 6.27. The van der Waals surface area contributed by atoms with Gasteiger partial charge in [0.05, 0.1) is 23.5 Å². The van der Waals surface area contributed by atoms with Gasteiger partial charge in [-0.2, -0.15) is 0 Å². The molecule has 1 amide bonds. The summed E-state index contributed by atoms with van der Waals surface area (Å²) in [5.41, 5.74) is 1.74. The fraction of sp³-hybridized carbons (Fsp3) is 0.538. The second-order valence-corrected chi connectivity index (χ2v) is 4.91. The van der Waals surface area contributed by atoms with Crippen LogP contribution in [0.25, 0.3) is 0 Å². The molecule has 1 aromatic heterocycles. The number of pyridine rings is 1. The molecule has 98 valence electrons. The Hall–Kier alpha value is -1.62. The van der Waals surface area contributed by atoms with Gasteiger partial charge in [0.2, 0.25) is 5.91 Å². The van der Waals surface area contributed by atoms with E-state index in [1.165, 1.54) is 0 Å². The van der Waals surface area contributed by atoms with Crippen molar-refractivity contribution >= 4 is 17.3 Å². The summed E-state index contributed by atoms with van der Waals surface area (Å²) in [6.45, 7) is 2.96. The third-order valence-corrected chi connectivity index (χ3v) is 3.40. The molecule has 2 unspecified atom stereocenters. The summed E-state index contributed by atoms with van der Waals surface area (Å²) in [6.07, 6.45) is 4.32. The Balaban J connectivity index is 2.11. The van der Waals surface area contributed by atoms with E-state index in [-0.39, 0.29) is 17.9 Å². The van der Waals surface area contributed by atoms with Gasteiger partial charge in [0.1, 0.15) is 0 Å². The molecule has 5 heteroatoms. The van der Waals surface area contributed by atoms with Crippen LogP contribution in [0.2, 0.25) is 0 Å². The fourth-order valence-corrected chi connectivity index (χ4v) is 2.32. The van der Waals surface area contributed by atoms with Gasteiger partial charge >= 0.3 is 0 Å². The van der Waals surface area contributed by atoms with Crippen LogP contribution in [-0.2, 0) is 4.79 Å². The summed E-state index contributed by atoms with van der Waals surface area (Å²) >= 11 is 0. The molecular formula is C13H20N4O. The summed E-state index contributed by atoms with van der Waals surface area (Å²) in [4.78, 5) is 18.2. The Labute approximate surface area is 108 Å². The molecule has 0 aliphatic carbocycles. The van der Waals surface area contributed by atoms with Crippen molar-refractivity contribution in [1.82, 2.24) is 10.3 Å². The molecule has 2 rings (SSSR count). The van der Waals surface area contributed by atoms with Crippen LogP contribution >= 0.6 is 0 Å². The lowest BCUT2D eigenvalue weighted by atomic mass is 10.0. The van der Waals surface area contributed by atoms with E-state index in [1.54, 1.807) is 12.4 Å². The monoisotopic (exact) mass is 248 g/mol. The molecule has 1 aliphatic rings. The average Bonchev–Trinajstić information content (AvgIpc) is 2.76. The topological polar surface area (TPSA) is 57.3 Å². The molecular weight excluding hydrogens is 228 g/mol. The second-order valence-electron chi connectivity index (χ2n) is 4.91. The number of nitrogens with one attached hydrogen (secondary N) is 2. The van der Waals surface area contributed by atoms with Crippen LogP contribution in [0.15, 0.2) is 18.5 Å². The first-order valence-electron chi connectivity index (χ1n) is 6.25. The summed E-state index contributed by atoms with van der Waals surface area (Å²) in [7, 11) is 3.90. The zero-order chi connectivity index (χ0) is 13.1. The minimum Gasteiger partial charge on any atom is -0.376 e. The van der Waals surface area contributed by atoms with Crippen LogP contribution in [0, 0.1) is 5.92 Å². The van der Waals surface area contributed by atoms with Crippen LogP contribution in [0.4, 0.5) is 11.4 Å². The van der Waals surface area contributed by atoms with Gasteiger partial charge in [0, 0.05) is 26.3 Å². The number of nitrogens with zero attached hydrogens (tertiary/aromatic N) is 2. The molecule has 0 bridgehead atoms. The van der Waals surface area contributed by atoms with Crippen LogP contribution in [0.1, 0.15) is 13.3 Å². The zero-order valence-electron chi connectivity index (χ0n) is 11.1.